The first-order valence-electron chi connectivity index (χ1n) is 9.54. The van der Waals surface area contributed by atoms with Crippen molar-refractivity contribution in [1.82, 2.24) is 9.97 Å². The molecule has 1 aromatic carbocycles. The van der Waals surface area contributed by atoms with Crippen molar-refractivity contribution in [2.24, 2.45) is 0 Å². The van der Waals surface area contributed by atoms with Crippen molar-refractivity contribution in [3.8, 4) is 0 Å². The zero-order chi connectivity index (χ0) is 23.1. The van der Waals surface area contributed by atoms with Crippen molar-refractivity contribution < 1.29 is 46.6 Å². The van der Waals surface area contributed by atoms with Gasteiger partial charge >= 0.3 is 24.8 Å². The summed E-state index contributed by atoms with van der Waals surface area (Å²) in [6.45, 7) is 13.7. The van der Waals surface area contributed by atoms with Crippen LogP contribution in [0.4, 0.5) is 14.6 Å². The molecule has 1 fully saturated rings. The minimum atomic E-state index is -3.10. The van der Waals surface area contributed by atoms with E-state index in [1.165, 1.54) is 18.7 Å². The third kappa shape index (κ3) is 8.83. The van der Waals surface area contributed by atoms with Gasteiger partial charge in [-0.25, -0.2) is 9.97 Å². The third-order valence-electron chi connectivity index (χ3n) is 4.14. The molecule has 0 radical (unpaired) electrons. The van der Waals surface area contributed by atoms with Crippen LogP contribution in [0.3, 0.4) is 0 Å². The molecule has 3 atom stereocenters. The van der Waals surface area contributed by atoms with Gasteiger partial charge in [0.1, 0.15) is 5.82 Å². The first-order chi connectivity index (χ1) is 14.5. The number of halogens is 2. The average molecular weight is 441 g/mol. The number of ether oxygens (including phenoxy) is 3. The molecular weight excluding hydrogens is 415 g/mol. The van der Waals surface area contributed by atoms with E-state index in [9.17, 15) is 13.6 Å². The van der Waals surface area contributed by atoms with Crippen LogP contribution < -0.4 is 24.2 Å². The molecule has 3 rings (SSSR count). The number of benzene rings is 1. The number of nitrogens with one attached hydrogen (secondary N) is 1. The summed E-state index contributed by atoms with van der Waals surface area (Å²) in [5.41, 5.74) is 0.978. The largest absolute Gasteiger partial charge is 1.00 e. The molecule has 7 nitrogen and oxygen atoms in total. The number of rotatable bonds is 7. The van der Waals surface area contributed by atoms with E-state index in [0.717, 1.165) is 12.5 Å². The molecule has 0 spiro atoms. The van der Waals surface area contributed by atoms with Crippen LogP contribution in [0, 0.1) is 13.8 Å². The van der Waals surface area contributed by atoms with Crippen molar-refractivity contribution in [2.45, 2.75) is 57.3 Å². The number of aromatic nitrogens is 2. The van der Waals surface area contributed by atoms with Gasteiger partial charge in [0.25, 0.3) is 0 Å². The van der Waals surface area contributed by atoms with Crippen LogP contribution in [0.15, 0.2) is 42.6 Å². The Bertz CT molecular complexity index is 837. The summed E-state index contributed by atoms with van der Waals surface area (Å²) < 4.78 is 42.1. The summed E-state index contributed by atoms with van der Waals surface area (Å²) in [5, 5.41) is 2.92. The van der Waals surface area contributed by atoms with E-state index >= 15 is 0 Å². The molecule has 170 valence electrons. The number of nitrogens with zero attached hydrogens (tertiary/aromatic N) is 2. The monoisotopic (exact) mass is 441 g/mol. The molecule has 2 aromatic rings. The molecule has 1 aliphatic rings. The Labute approximate surface area is 199 Å². The predicted molar refractivity (Wildman–Crippen MR) is 110 cm³/mol. The summed E-state index contributed by atoms with van der Waals surface area (Å²) >= 11 is 0. The smallest absolute Gasteiger partial charge is 0.650 e. The average Bonchev–Trinajstić information content (AvgIpc) is 2.99. The fraction of sp³-hybridized carbons (Fsp3) is 0.409. The van der Waals surface area contributed by atoms with Gasteiger partial charge in [-0.05, 0) is 31.6 Å². The number of hydrogen-bond donors (Lipinski definition) is 1. The van der Waals surface area contributed by atoms with Gasteiger partial charge in [-0.1, -0.05) is 42.8 Å². The maximum Gasteiger partial charge on any atom is 1.00 e. The number of hydrogen-bond acceptors (Lipinski definition) is 7. The molecule has 0 bridgehead atoms. The van der Waals surface area contributed by atoms with Crippen LogP contribution in [-0.2, 0) is 31.5 Å². The van der Waals surface area contributed by atoms with Gasteiger partial charge in [-0.3, -0.25) is 0 Å². The summed E-state index contributed by atoms with van der Waals surface area (Å²) in [6.07, 6.45) is 0.441. The molecule has 32 heavy (non-hydrogen) atoms. The second kappa shape index (κ2) is 12.3. The topological polar surface area (TPSA) is 82.6 Å². The van der Waals surface area contributed by atoms with Gasteiger partial charge in [0.15, 0.2) is 11.6 Å². The minimum absolute atomic E-state index is 0. The number of carbonyl (C=O) groups excluding carboxylic acids is 1. The molecule has 10 heteroatoms. The van der Waals surface area contributed by atoms with E-state index in [0.29, 0.717) is 6.61 Å². The van der Waals surface area contributed by atoms with Crippen molar-refractivity contribution in [1.29, 1.82) is 0 Å². The van der Waals surface area contributed by atoms with Crippen LogP contribution in [0.2, 0.25) is 0 Å². The third-order valence-corrected chi connectivity index (χ3v) is 4.14. The van der Waals surface area contributed by atoms with E-state index < -0.39 is 35.8 Å². The molecule has 0 amide bonds. The van der Waals surface area contributed by atoms with E-state index in [2.05, 4.69) is 33.9 Å². The van der Waals surface area contributed by atoms with Crippen molar-refractivity contribution in [2.75, 3.05) is 5.32 Å². The predicted octanol–water partition coefficient (Wildman–Crippen LogP) is 0.831. The van der Waals surface area contributed by atoms with E-state index in [1.807, 2.05) is 30.3 Å². The van der Waals surface area contributed by atoms with Gasteiger partial charge in [-0.2, -0.15) is 8.78 Å². The summed E-state index contributed by atoms with van der Waals surface area (Å²) in [5.74, 6) is -4.14. The van der Waals surface area contributed by atoms with Gasteiger partial charge in [0.2, 0.25) is 0 Å². The molecule has 1 saturated heterocycles. The Hall–Kier alpha value is -2.05. The van der Waals surface area contributed by atoms with Gasteiger partial charge < -0.3 is 38.2 Å². The fourth-order valence-electron chi connectivity index (χ4n) is 2.81. The van der Waals surface area contributed by atoms with Crippen LogP contribution in [-0.4, -0.2) is 40.5 Å². The van der Waals surface area contributed by atoms with Gasteiger partial charge in [-0.15, -0.1) is 0 Å². The van der Waals surface area contributed by atoms with Gasteiger partial charge in [0, 0.05) is 13.1 Å². The number of alkyl halides is 2. The van der Waals surface area contributed by atoms with E-state index in [-0.39, 0.29) is 24.7 Å². The van der Waals surface area contributed by atoms with Crippen molar-refractivity contribution in [3.63, 3.8) is 0 Å². The molecule has 1 aliphatic heterocycles. The molecule has 0 saturated carbocycles. The summed E-state index contributed by atoms with van der Waals surface area (Å²) in [4.78, 5) is 17.0. The maximum absolute atomic E-state index is 13.2. The Balaban J connectivity index is 0.000000393. The zero-order valence-electron chi connectivity index (χ0n) is 18.7. The second-order valence-electron chi connectivity index (χ2n) is 7.40. The molecule has 1 aromatic heterocycles. The number of anilines is 1. The Morgan fingerprint density at radius 1 is 1.28 bits per heavy atom. The van der Waals surface area contributed by atoms with E-state index in [1.54, 1.807) is 13.8 Å². The first-order valence-corrected chi connectivity index (χ1v) is 9.54. The van der Waals surface area contributed by atoms with Crippen LogP contribution in [0.25, 0.3) is 0 Å². The summed E-state index contributed by atoms with van der Waals surface area (Å²) in [6, 6.07) is 10.5. The Morgan fingerprint density at radius 3 is 2.47 bits per heavy atom. The molecule has 0 unspecified atom stereocenters. The summed E-state index contributed by atoms with van der Waals surface area (Å²) in [7, 11) is 0. The molecule has 2 heterocycles. The maximum atomic E-state index is 13.2. The first kappa shape index (κ1) is 28.0. The molecule has 0 aliphatic carbocycles. The Kier molecular flexibility index (Phi) is 10.7. The fourth-order valence-corrected chi connectivity index (χ4v) is 2.81. The standard InChI is InChI=1S/C14H19F2N3O2.C8H7O2.Li/c1-8(11-9(2)20-13(3,4)21-11)18-10-6-7-17-12(19-10)14(5,15)16;9-7-10-6-8-4-2-1-3-5-8;/h6-9,11H,1-2H2,3-5H3,(H,17,18,19);1-5H,6H2;/q-2;-1;+1/t8-,9-,11+;;/m0../s1. The van der Waals surface area contributed by atoms with Crippen LogP contribution in [0.5, 0.6) is 0 Å². The quantitative estimate of drug-likeness (QED) is 0.504. The Morgan fingerprint density at radius 2 is 1.94 bits per heavy atom. The zero-order valence-corrected chi connectivity index (χ0v) is 18.7. The SMILES string of the molecule is O=[C-]OCc1ccccc1.[CH2-][C@H](Nc1ccnc(C(C)(F)F)n1)[C@H]1OC(C)(C)O[C@H]1[CH2-].[Li+]. The van der Waals surface area contributed by atoms with Crippen molar-refractivity contribution >= 4 is 12.3 Å². The normalized spacial score (nSPS) is 20.2. The van der Waals surface area contributed by atoms with Crippen molar-refractivity contribution in [3.05, 3.63) is 67.8 Å². The van der Waals surface area contributed by atoms with Gasteiger partial charge in [0.05, 0.1) is 12.7 Å². The second-order valence-corrected chi connectivity index (χ2v) is 7.40. The minimum Gasteiger partial charge on any atom is -0.650 e. The van der Waals surface area contributed by atoms with Crippen LogP contribution >= 0.6 is 0 Å². The molecular formula is C22H26F2LiN3O4-2. The molecule has 1 N–H and O–H groups in total. The van der Waals surface area contributed by atoms with Crippen LogP contribution in [0.1, 0.15) is 32.2 Å². The van der Waals surface area contributed by atoms with E-state index in [4.69, 9.17) is 9.47 Å².